The fourth-order valence-corrected chi connectivity index (χ4v) is 3.40. The molecule has 0 spiro atoms. The van der Waals surface area contributed by atoms with E-state index in [4.69, 9.17) is 4.74 Å². The first-order chi connectivity index (χ1) is 13.0. The van der Waals surface area contributed by atoms with Crippen LogP contribution >= 0.6 is 0 Å². The van der Waals surface area contributed by atoms with Crippen LogP contribution in [0, 0.1) is 11.6 Å². The minimum Gasteiger partial charge on any atom is -0.384 e. The number of halogens is 2. The van der Waals surface area contributed by atoms with Crippen LogP contribution in [-0.4, -0.2) is 47.5 Å². The van der Waals surface area contributed by atoms with Crippen LogP contribution in [0.5, 0.6) is 0 Å². The number of hydrogen-bond acceptors (Lipinski definition) is 3. The highest BCUT2D eigenvalue weighted by Gasteiger charge is 2.27. The molecule has 2 amide bonds. The van der Waals surface area contributed by atoms with Gasteiger partial charge in [-0.05, 0) is 36.6 Å². The zero-order valence-electron chi connectivity index (χ0n) is 15.5. The number of likely N-dealkylation sites (tertiary alicyclic amines) is 1. The van der Waals surface area contributed by atoms with Crippen molar-refractivity contribution in [1.29, 1.82) is 0 Å². The van der Waals surface area contributed by atoms with Crippen molar-refractivity contribution >= 4 is 11.8 Å². The van der Waals surface area contributed by atoms with Crippen LogP contribution in [0.4, 0.5) is 19.4 Å². The lowest BCUT2D eigenvalue weighted by Gasteiger charge is -2.33. The maximum atomic E-state index is 14.1. The number of carbonyl (C=O) groups is 1. The van der Waals surface area contributed by atoms with Crippen LogP contribution in [0.25, 0.3) is 0 Å². The van der Waals surface area contributed by atoms with Gasteiger partial charge in [0, 0.05) is 45.7 Å². The number of methoxy groups -OCH3 is 1. The molecule has 1 aliphatic heterocycles. The molecule has 0 bridgehead atoms. The summed E-state index contributed by atoms with van der Waals surface area (Å²) in [6.07, 6.45) is 2.11. The normalized spacial score (nSPS) is 17.2. The Morgan fingerprint density at radius 3 is 2.96 bits per heavy atom. The standard InChI is InChI=1S/C19H24F2N4O2/c1-24-18(11-15(23-24)7-9-27-2)22-19(26)25-8-3-4-13(12-25)16-10-14(20)5-6-17(16)21/h5-6,10-11,13H,3-4,7-9,12H2,1-2H3,(H,22,26)/t13-/m1/s1. The van der Waals surface area contributed by atoms with Gasteiger partial charge in [-0.25, -0.2) is 13.6 Å². The Bertz CT molecular complexity index is 809. The van der Waals surface area contributed by atoms with Crippen molar-refractivity contribution < 1.29 is 18.3 Å². The van der Waals surface area contributed by atoms with E-state index in [1.54, 1.807) is 23.7 Å². The molecule has 27 heavy (non-hydrogen) atoms. The average molecular weight is 378 g/mol. The molecular weight excluding hydrogens is 354 g/mol. The molecular formula is C19H24F2N4O2. The van der Waals surface area contributed by atoms with Gasteiger partial charge in [-0.1, -0.05) is 0 Å². The number of nitrogens with zero attached hydrogens (tertiary/aromatic N) is 3. The SMILES string of the molecule is COCCc1cc(NC(=O)N2CCC[C@@H](c3cc(F)ccc3F)C2)n(C)n1. The molecule has 0 aliphatic carbocycles. The van der Waals surface area contributed by atoms with E-state index in [0.717, 1.165) is 30.7 Å². The topological polar surface area (TPSA) is 59.4 Å². The fraction of sp³-hybridized carbons (Fsp3) is 0.474. The summed E-state index contributed by atoms with van der Waals surface area (Å²) in [5.41, 5.74) is 1.16. The zero-order chi connectivity index (χ0) is 19.4. The molecule has 1 aromatic carbocycles. The molecule has 2 aromatic rings. The molecule has 8 heteroatoms. The number of aromatic nitrogens is 2. The van der Waals surface area contributed by atoms with Crippen molar-refractivity contribution in [3.8, 4) is 0 Å². The van der Waals surface area contributed by atoms with Gasteiger partial charge in [0.05, 0.1) is 12.3 Å². The molecule has 1 N–H and O–H groups in total. The van der Waals surface area contributed by atoms with Gasteiger partial charge in [0.1, 0.15) is 17.5 Å². The molecule has 0 radical (unpaired) electrons. The number of carbonyl (C=O) groups excluding carboxylic acids is 1. The van der Waals surface area contributed by atoms with Crippen molar-refractivity contribution in [3.63, 3.8) is 0 Å². The third kappa shape index (κ3) is 4.63. The Morgan fingerprint density at radius 1 is 1.37 bits per heavy atom. The molecule has 2 heterocycles. The maximum absolute atomic E-state index is 14.1. The summed E-state index contributed by atoms with van der Waals surface area (Å²) >= 11 is 0. The molecule has 0 saturated carbocycles. The van der Waals surface area contributed by atoms with Crippen molar-refractivity contribution in [3.05, 3.63) is 47.2 Å². The highest BCUT2D eigenvalue weighted by atomic mass is 19.1. The lowest BCUT2D eigenvalue weighted by molar-refractivity contribution is 0.192. The third-order valence-electron chi connectivity index (χ3n) is 4.83. The first-order valence-corrected chi connectivity index (χ1v) is 9.00. The molecule has 1 saturated heterocycles. The van der Waals surface area contributed by atoms with Gasteiger partial charge in [-0.15, -0.1) is 0 Å². The van der Waals surface area contributed by atoms with Gasteiger partial charge in [-0.3, -0.25) is 10.00 Å². The summed E-state index contributed by atoms with van der Waals surface area (Å²) in [6.45, 7) is 1.48. The van der Waals surface area contributed by atoms with Gasteiger partial charge in [-0.2, -0.15) is 5.10 Å². The number of hydrogen-bond donors (Lipinski definition) is 1. The average Bonchev–Trinajstić information content (AvgIpc) is 3.01. The largest absolute Gasteiger partial charge is 0.384 e. The number of rotatable bonds is 5. The second-order valence-corrected chi connectivity index (χ2v) is 6.77. The number of ether oxygens (including phenoxy) is 1. The number of anilines is 1. The lowest BCUT2D eigenvalue weighted by atomic mass is 9.90. The van der Waals surface area contributed by atoms with E-state index in [1.807, 2.05) is 6.07 Å². The Hall–Kier alpha value is -2.48. The van der Waals surface area contributed by atoms with Crippen LogP contribution in [0.2, 0.25) is 0 Å². The second kappa shape index (κ2) is 8.47. The van der Waals surface area contributed by atoms with Gasteiger partial charge in [0.15, 0.2) is 0 Å². The van der Waals surface area contributed by atoms with Crippen LogP contribution in [-0.2, 0) is 18.2 Å². The highest BCUT2D eigenvalue weighted by molar-refractivity contribution is 5.88. The summed E-state index contributed by atoms with van der Waals surface area (Å²) in [6, 6.07) is 5.02. The van der Waals surface area contributed by atoms with Gasteiger partial charge in [0.25, 0.3) is 0 Å². The Kier molecular flexibility index (Phi) is 6.05. The molecule has 3 rings (SSSR count). The van der Waals surface area contributed by atoms with Crippen molar-refractivity contribution in [1.82, 2.24) is 14.7 Å². The first-order valence-electron chi connectivity index (χ1n) is 9.00. The minimum absolute atomic E-state index is 0.219. The predicted octanol–water partition coefficient (Wildman–Crippen LogP) is 3.30. The summed E-state index contributed by atoms with van der Waals surface area (Å²) in [5.74, 6) is -0.529. The lowest BCUT2D eigenvalue weighted by Crippen LogP contribution is -2.42. The number of aryl methyl sites for hydroxylation is 1. The zero-order valence-corrected chi connectivity index (χ0v) is 15.5. The van der Waals surface area contributed by atoms with Crippen LogP contribution in [0.1, 0.15) is 30.0 Å². The van der Waals surface area contributed by atoms with Crippen molar-refractivity contribution in [2.24, 2.45) is 7.05 Å². The molecule has 1 aromatic heterocycles. The van der Waals surface area contributed by atoms with E-state index < -0.39 is 11.6 Å². The Labute approximate surface area is 157 Å². The molecule has 0 unspecified atom stereocenters. The second-order valence-electron chi connectivity index (χ2n) is 6.77. The van der Waals surface area contributed by atoms with Crippen molar-refractivity contribution in [2.45, 2.75) is 25.2 Å². The number of urea groups is 1. The van der Waals surface area contributed by atoms with Crippen LogP contribution < -0.4 is 5.32 Å². The monoisotopic (exact) mass is 378 g/mol. The molecule has 6 nitrogen and oxygen atoms in total. The van der Waals surface area contributed by atoms with E-state index in [-0.39, 0.29) is 11.9 Å². The Balaban J connectivity index is 1.66. The van der Waals surface area contributed by atoms with Crippen molar-refractivity contribution in [2.75, 3.05) is 32.1 Å². The number of benzene rings is 1. The number of piperidine rings is 1. The maximum Gasteiger partial charge on any atom is 0.323 e. The Morgan fingerprint density at radius 2 is 2.19 bits per heavy atom. The first kappa shape index (κ1) is 19.3. The minimum atomic E-state index is -0.466. The predicted molar refractivity (Wildman–Crippen MR) is 97.7 cm³/mol. The summed E-state index contributed by atoms with van der Waals surface area (Å²) in [4.78, 5) is 14.3. The third-order valence-corrected chi connectivity index (χ3v) is 4.83. The summed E-state index contributed by atoms with van der Waals surface area (Å²) < 4.78 is 34.2. The quantitative estimate of drug-likeness (QED) is 0.869. The van der Waals surface area contributed by atoms with E-state index >= 15 is 0 Å². The van der Waals surface area contributed by atoms with E-state index in [9.17, 15) is 13.6 Å². The fourth-order valence-electron chi connectivity index (χ4n) is 3.40. The molecule has 1 atom stereocenters. The number of nitrogens with one attached hydrogen (secondary N) is 1. The highest BCUT2D eigenvalue weighted by Crippen LogP contribution is 2.29. The summed E-state index contributed by atoms with van der Waals surface area (Å²) in [7, 11) is 3.38. The number of amides is 2. The van der Waals surface area contributed by atoms with E-state index in [2.05, 4.69) is 10.4 Å². The van der Waals surface area contributed by atoms with E-state index in [0.29, 0.717) is 37.5 Å². The van der Waals surface area contributed by atoms with E-state index in [1.165, 1.54) is 6.07 Å². The van der Waals surface area contributed by atoms with Crippen LogP contribution in [0.3, 0.4) is 0 Å². The summed E-state index contributed by atoms with van der Waals surface area (Å²) in [5, 5.41) is 7.20. The molecule has 146 valence electrons. The van der Waals surface area contributed by atoms with Gasteiger partial charge < -0.3 is 9.64 Å². The van der Waals surface area contributed by atoms with Crippen LogP contribution in [0.15, 0.2) is 24.3 Å². The molecule has 1 fully saturated rings. The smallest absolute Gasteiger partial charge is 0.323 e. The molecule has 1 aliphatic rings. The van der Waals surface area contributed by atoms with Gasteiger partial charge in [0.2, 0.25) is 0 Å². The van der Waals surface area contributed by atoms with Gasteiger partial charge >= 0.3 is 6.03 Å².